The summed E-state index contributed by atoms with van der Waals surface area (Å²) in [5.41, 5.74) is 1.36. The third-order valence-corrected chi connectivity index (χ3v) is 5.83. The van der Waals surface area contributed by atoms with Crippen molar-refractivity contribution in [1.29, 1.82) is 0 Å². The maximum Gasteiger partial charge on any atom is 0.254 e. The lowest BCUT2D eigenvalue weighted by molar-refractivity contribution is -0.143. The molecule has 30 heavy (non-hydrogen) atoms. The van der Waals surface area contributed by atoms with Crippen LogP contribution in [0.5, 0.6) is 0 Å². The van der Waals surface area contributed by atoms with Crippen LogP contribution in [0.1, 0.15) is 23.2 Å². The molecule has 0 spiro atoms. The molecule has 1 aromatic heterocycles. The molecule has 7 nitrogen and oxygen atoms in total. The molecule has 2 fully saturated rings. The quantitative estimate of drug-likeness (QED) is 0.718. The number of nitrogens with zero attached hydrogens (tertiary/aromatic N) is 3. The van der Waals surface area contributed by atoms with Crippen molar-refractivity contribution in [1.82, 2.24) is 14.8 Å². The minimum Gasteiger partial charge on any atom is -0.443 e. The number of oxazole rings is 1. The number of rotatable bonds is 3. The Morgan fingerprint density at radius 2 is 1.77 bits per heavy atom. The van der Waals surface area contributed by atoms with Crippen molar-refractivity contribution in [3.8, 4) is 11.1 Å². The van der Waals surface area contributed by atoms with Crippen LogP contribution in [0.25, 0.3) is 22.2 Å². The Hall–Kier alpha value is -3.26. The first-order chi connectivity index (χ1) is 14.4. The van der Waals surface area contributed by atoms with E-state index in [9.17, 15) is 19.1 Å². The fraction of sp³-hybridized carbons (Fsp3) is 0.318. The number of benzene rings is 2. The van der Waals surface area contributed by atoms with E-state index in [1.807, 2.05) is 0 Å². The van der Waals surface area contributed by atoms with Gasteiger partial charge in [0.1, 0.15) is 16.9 Å². The van der Waals surface area contributed by atoms with E-state index < -0.39 is 11.4 Å². The Balaban J connectivity index is 1.29. The van der Waals surface area contributed by atoms with Gasteiger partial charge in [0, 0.05) is 37.3 Å². The second-order valence-electron chi connectivity index (χ2n) is 7.85. The Morgan fingerprint density at radius 1 is 1.03 bits per heavy atom. The van der Waals surface area contributed by atoms with E-state index in [2.05, 4.69) is 4.98 Å². The molecule has 1 aliphatic heterocycles. The van der Waals surface area contributed by atoms with Crippen LogP contribution >= 0.6 is 0 Å². The SMILES string of the molecule is O=C(c1ccc(-c2ccc3ocnc3c2)c(F)c1)N1CCN(C(=O)C2(O)CC2)CC1. The molecule has 0 unspecified atom stereocenters. The number of aromatic nitrogens is 1. The van der Waals surface area contributed by atoms with Crippen LogP contribution in [0.2, 0.25) is 0 Å². The first-order valence-corrected chi connectivity index (χ1v) is 9.89. The van der Waals surface area contributed by atoms with Gasteiger partial charge in [-0.05, 0) is 42.7 Å². The summed E-state index contributed by atoms with van der Waals surface area (Å²) in [6.45, 7) is 1.44. The minimum atomic E-state index is -1.19. The monoisotopic (exact) mass is 409 g/mol. The van der Waals surface area contributed by atoms with E-state index in [-0.39, 0.29) is 17.4 Å². The molecule has 1 saturated carbocycles. The fourth-order valence-corrected chi connectivity index (χ4v) is 3.83. The van der Waals surface area contributed by atoms with Crippen LogP contribution in [0.15, 0.2) is 47.2 Å². The number of aliphatic hydroxyl groups is 1. The number of piperazine rings is 1. The van der Waals surface area contributed by atoms with Gasteiger partial charge in [0.25, 0.3) is 11.8 Å². The Kier molecular flexibility index (Phi) is 4.32. The highest BCUT2D eigenvalue weighted by molar-refractivity contribution is 5.95. The van der Waals surface area contributed by atoms with Crippen molar-refractivity contribution in [2.45, 2.75) is 18.4 Å². The largest absolute Gasteiger partial charge is 0.443 e. The summed E-state index contributed by atoms with van der Waals surface area (Å²) in [5.74, 6) is -1.02. The smallest absolute Gasteiger partial charge is 0.254 e. The summed E-state index contributed by atoms with van der Waals surface area (Å²) in [6.07, 6.45) is 2.34. The third-order valence-electron chi connectivity index (χ3n) is 5.83. The molecule has 1 saturated heterocycles. The maximum absolute atomic E-state index is 14.8. The third kappa shape index (κ3) is 3.23. The van der Waals surface area contributed by atoms with Gasteiger partial charge in [-0.15, -0.1) is 0 Å². The topological polar surface area (TPSA) is 86.9 Å². The molecule has 8 heteroatoms. The van der Waals surface area contributed by atoms with Crippen LogP contribution in [0.4, 0.5) is 4.39 Å². The predicted molar refractivity (Wildman–Crippen MR) is 106 cm³/mol. The van der Waals surface area contributed by atoms with Crippen molar-refractivity contribution in [2.75, 3.05) is 26.2 Å². The van der Waals surface area contributed by atoms with E-state index in [1.54, 1.807) is 40.1 Å². The number of amides is 2. The zero-order valence-corrected chi connectivity index (χ0v) is 16.2. The zero-order valence-electron chi connectivity index (χ0n) is 16.2. The lowest BCUT2D eigenvalue weighted by atomic mass is 10.0. The molecule has 2 aromatic carbocycles. The average Bonchev–Trinajstić information content (AvgIpc) is 3.34. The highest BCUT2D eigenvalue weighted by Gasteiger charge is 2.50. The zero-order chi connectivity index (χ0) is 20.9. The van der Waals surface area contributed by atoms with Crippen LogP contribution in [0.3, 0.4) is 0 Å². The molecule has 0 radical (unpaired) electrons. The van der Waals surface area contributed by atoms with E-state index in [0.717, 1.165) is 0 Å². The van der Waals surface area contributed by atoms with Crippen molar-refractivity contribution in [3.63, 3.8) is 0 Å². The van der Waals surface area contributed by atoms with Gasteiger partial charge in [-0.25, -0.2) is 9.37 Å². The van der Waals surface area contributed by atoms with Gasteiger partial charge in [-0.3, -0.25) is 9.59 Å². The van der Waals surface area contributed by atoms with Crippen molar-refractivity contribution in [2.24, 2.45) is 0 Å². The van der Waals surface area contributed by atoms with Crippen molar-refractivity contribution >= 4 is 22.9 Å². The molecular formula is C22H20FN3O4. The van der Waals surface area contributed by atoms with E-state index >= 15 is 0 Å². The minimum absolute atomic E-state index is 0.255. The predicted octanol–water partition coefficient (Wildman–Crippen LogP) is 2.44. The van der Waals surface area contributed by atoms with E-state index in [0.29, 0.717) is 61.2 Å². The molecular weight excluding hydrogens is 389 g/mol. The van der Waals surface area contributed by atoms with Gasteiger partial charge >= 0.3 is 0 Å². The highest BCUT2D eigenvalue weighted by Crippen LogP contribution is 2.37. The lowest BCUT2D eigenvalue weighted by Crippen LogP contribution is -2.53. The number of hydrogen-bond donors (Lipinski definition) is 1. The molecule has 1 aliphatic carbocycles. The van der Waals surface area contributed by atoms with Gasteiger partial charge in [-0.2, -0.15) is 0 Å². The van der Waals surface area contributed by atoms with Crippen LogP contribution < -0.4 is 0 Å². The van der Waals surface area contributed by atoms with Gasteiger partial charge in [0.05, 0.1) is 0 Å². The van der Waals surface area contributed by atoms with E-state index in [1.165, 1.54) is 12.5 Å². The normalized spacial score (nSPS) is 17.9. The molecule has 3 aromatic rings. The average molecular weight is 409 g/mol. The van der Waals surface area contributed by atoms with Gasteiger partial charge in [-0.1, -0.05) is 12.1 Å². The summed E-state index contributed by atoms with van der Waals surface area (Å²) >= 11 is 0. The molecule has 0 bridgehead atoms. The molecule has 2 heterocycles. The van der Waals surface area contributed by atoms with Crippen molar-refractivity contribution < 1.29 is 23.5 Å². The van der Waals surface area contributed by atoms with Gasteiger partial charge < -0.3 is 19.3 Å². The number of hydrogen-bond acceptors (Lipinski definition) is 5. The summed E-state index contributed by atoms with van der Waals surface area (Å²) in [6, 6.07) is 9.66. The molecule has 1 N–H and O–H groups in total. The summed E-state index contributed by atoms with van der Waals surface area (Å²) in [5, 5.41) is 9.98. The second kappa shape index (κ2) is 6.91. The first kappa shape index (κ1) is 18.7. The van der Waals surface area contributed by atoms with Gasteiger partial charge in [0.2, 0.25) is 0 Å². The molecule has 2 amide bonds. The Morgan fingerprint density at radius 3 is 2.47 bits per heavy atom. The standard InChI is InChI=1S/C22H20FN3O4/c23-17-11-15(1-3-16(17)14-2-4-19-18(12-14)24-13-30-19)20(27)25-7-9-26(10-8-25)21(28)22(29)5-6-22/h1-4,11-13,29H,5-10H2. The van der Waals surface area contributed by atoms with Crippen LogP contribution in [0, 0.1) is 5.82 Å². The highest BCUT2D eigenvalue weighted by atomic mass is 19.1. The Bertz CT molecular complexity index is 1150. The number of carbonyl (C=O) groups excluding carboxylic acids is 2. The summed E-state index contributed by atoms with van der Waals surface area (Å²) in [7, 11) is 0. The van der Waals surface area contributed by atoms with Gasteiger partial charge in [0.15, 0.2) is 12.0 Å². The molecule has 2 aliphatic rings. The number of carbonyl (C=O) groups is 2. The number of fused-ring (bicyclic) bond motifs is 1. The molecule has 0 atom stereocenters. The van der Waals surface area contributed by atoms with Crippen LogP contribution in [-0.2, 0) is 4.79 Å². The Labute approximate surface area is 171 Å². The molecule has 5 rings (SSSR count). The molecule has 154 valence electrons. The number of halogens is 1. The maximum atomic E-state index is 14.8. The first-order valence-electron chi connectivity index (χ1n) is 9.89. The second-order valence-corrected chi connectivity index (χ2v) is 7.85. The summed E-state index contributed by atoms with van der Waals surface area (Å²) in [4.78, 5) is 32.3. The van der Waals surface area contributed by atoms with E-state index in [4.69, 9.17) is 4.42 Å². The van der Waals surface area contributed by atoms with Crippen molar-refractivity contribution in [3.05, 3.63) is 54.2 Å². The lowest BCUT2D eigenvalue weighted by Gasteiger charge is -2.35. The van der Waals surface area contributed by atoms with Crippen LogP contribution in [-0.4, -0.2) is 63.5 Å². The fourth-order valence-electron chi connectivity index (χ4n) is 3.83. The summed E-state index contributed by atoms with van der Waals surface area (Å²) < 4.78 is 20.0.